The van der Waals surface area contributed by atoms with E-state index in [1.165, 1.54) is 11.1 Å². The third kappa shape index (κ3) is 4.69. The van der Waals surface area contributed by atoms with Gasteiger partial charge in [0.05, 0.1) is 6.54 Å². The van der Waals surface area contributed by atoms with Crippen LogP contribution in [0.2, 0.25) is 0 Å². The van der Waals surface area contributed by atoms with Gasteiger partial charge in [-0.05, 0) is 41.7 Å². The summed E-state index contributed by atoms with van der Waals surface area (Å²) in [4.78, 5) is 32.3. The summed E-state index contributed by atoms with van der Waals surface area (Å²) in [6, 6.07) is 26.3. The maximum Gasteiger partial charge on any atom is 0.254 e. The Morgan fingerprint density at radius 1 is 0.727 bits per heavy atom. The highest BCUT2D eigenvalue weighted by molar-refractivity contribution is 5.97. The van der Waals surface area contributed by atoms with E-state index in [0.717, 1.165) is 36.2 Å². The molecule has 0 aromatic heterocycles. The second kappa shape index (κ2) is 9.59. The van der Waals surface area contributed by atoms with Crippen molar-refractivity contribution in [3.8, 4) is 0 Å². The van der Waals surface area contributed by atoms with E-state index in [-0.39, 0.29) is 11.8 Å². The van der Waals surface area contributed by atoms with Gasteiger partial charge in [-0.1, -0.05) is 66.7 Å². The Labute approximate surface area is 195 Å². The zero-order chi connectivity index (χ0) is 22.6. The van der Waals surface area contributed by atoms with E-state index in [1.54, 1.807) is 0 Å². The number of anilines is 1. The summed E-state index contributed by atoms with van der Waals surface area (Å²) in [5.41, 5.74) is 5.32. The van der Waals surface area contributed by atoms with Crippen molar-refractivity contribution in [1.29, 1.82) is 0 Å². The van der Waals surface area contributed by atoms with Crippen LogP contribution in [0, 0.1) is 0 Å². The number of piperazine rings is 1. The fraction of sp³-hybridized carbons (Fsp3) is 0.286. The van der Waals surface area contributed by atoms with E-state index in [2.05, 4.69) is 23.1 Å². The molecule has 1 fully saturated rings. The number of hydrogen-bond acceptors (Lipinski definition) is 3. The maximum absolute atomic E-state index is 13.3. The summed E-state index contributed by atoms with van der Waals surface area (Å²) in [6.07, 6.45) is 1.67. The van der Waals surface area contributed by atoms with E-state index < -0.39 is 0 Å². The molecule has 5 heteroatoms. The molecule has 0 radical (unpaired) electrons. The summed E-state index contributed by atoms with van der Waals surface area (Å²) in [6.45, 7) is 3.88. The van der Waals surface area contributed by atoms with Gasteiger partial charge in [0, 0.05) is 44.0 Å². The normalized spacial score (nSPS) is 16.0. The van der Waals surface area contributed by atoms with Gasteiger partial charge >= 0.3 is 0 Å². The number of nitrogens with zero attached hydrogens (tertiary/aromatic N) is 3. The minimum atomic E-state index is 0.0842. The number of amides is 2. The van der Waals surface area contributed by atoms with Crippen molar-refractivity contribution in [1.82, 2.24) is 9.80 Å². The van der Waals surface area contributed by atoms with Crippen LogP contribution < -0.4 is 4.90 Å². The fourth-order valence-electron chi connectivity index (χ4n) is 4.85. The molecule has 0 atom stereocenters. The van der Waals surface area contributed by atoms with E-state index in [9.17, 15) is 9.59 Å². The van der Waals surface area contributed by atoms with Gasteiger partial charge in [0.15, 0.2) is 0 Å². The Hall–Kier alpha value is -3.44. The maximum atomic E-state index is 13.3. The van der Waals surface area contributed by atoms with Crippen molar-refractivity contribution in [3.63, 3.8) is 0 Å². The monoisotopic (exact) mass is 439 g/mol. The minimum Gasteiger partial charge on any atom is -0.336 e. The third-order valence-electron chi connectivity index (χ3n) is 6.69. The standard InChI is InChI=1S/C28H29N3O2/c32-27(31-15-14-23-10-5-7-13-26(23)31)21-29-16-18-30(19-17-29)28(33)25-12-6-4-11-24(25)20-22-8-2-1-3-9-22/h1-13H,14-21H2. The smallest absolute Gasteiger partial charge is 0.254 e. The number of carbonyl (C=O) groups excluding carboxylic acids is 2. The van der Waals surface area contributed by atoms with Crippen LogP contribution in [0.3, 0.4) is 0 Å². The van der Waals surface area contributed by atoms with Crippen LogP contribution in [0.25, 0.3) is 0 Å². The van der Waals surface area contributed by atoms with Gasteiger partial charge in [-0.25, -0.2) is 0 Å². The molecule has 5 nitrogen and oxygen atoms in total. The summed E-state index contributed by atoms with van der Waals surface area (Å²) < 4.78 is 0. The number of para-hydroxylation sites is 1. The minimum absolute atomic E-state index is 0.0842. The predicted molar refractivity (Wildman–Crippen MR) is 131 cm³/mol. The number of rotatable bonds is 5. The lowest BCUT2D eigenvalue weighted by Gasteiger charge is -2.35. The summed E-state index contributed by atoms with van der Waals surface area (Å²) in [5.74, 6) is 0.230. The molecule has 0 N–H and O–H groups in total. The summed E-state index contributed by atoms with van der Waals surface area (Å²) in [7, 11) is 0. The molecular weight excluding hydrogens is 410 g/mol. The van der Waals surface area contributed by atoms with Crippen LogP contribution in [-0.4, -0.2) is 60.9 Å². The Bertz CT molecular complexity index is 1140. The predicted octanol–water partition coefficient (Wildman–Crippen LogP) is 3.62. The Morgan fingerprint density at radius 2 is 1.42 bits per heavy atom. The first-order valence-electron chi connectivity index (χ1n) is 11.7. The average Bonchev–Trinajstić information content (AvgIpc) is 3.30. The van der Waals surface area contributed by atoms with Crippen molar-refractivity contribution in [2.75, 3.05) is 44.2 Å². The molecule has 3 aromatic carbocycles. The van der Waals surface area contributed by atoms with Gasteiger partial charge < -0.3 is 9.80 Å². The first-order valence-corrected chi connectivity index (χ1v) is 11.7. The third-order valence-corrected chi connectivity index (χ3v) is 6.69. The molecule has 2 aliphatic heterocycles. The first kappa shape index (κ1) is 21.4. The second-order valence-electron chi connectivity index (χ2n) is 8.81. The molecular formula is C28H29N3O2. The zero-order valence-electron chi connectivity index (χ0n) is 18.8. The number of fused-ring (bicyclic) bond motifs is 1. The van der Waals surface area contributed by atoms with Gasteiger partial charge in [0.1, 0.15) is 0 Å². The summed E-state index contributed by atoms with van der Waals surface area (Å²) in [5, 5.41) is 0. The van der Waals surface area contributed by atoms with E-state index in [4.69, 9.17) is 0 Å². The highest BCUT2D eigenvalue weighted by atomic mass is 16.2. The number of hydrogen-bond donors (Lipinski definition) is 0. The Morgan fingerprint density at radius 3 is 2.24 bits per heavy atom. The molecule has 0 aliphatic carbocycles. The van der Waals surface area contributed by atoms with Crippen molar-refractivity contribution >= 4 is 17.5 Å². The average molecular weight is 440 g/mol. The van der Waals surface area contributed by atoms with Crippen molar-refractivity contribution < 1.29 is 9.59 Å². The highest BCUT2D eigenvalue weighted by Gasteiger charge is 2.28. The van der Waals surface area contributed by atoms with Gasteiger partial charge in [0.2, 0.25) is 5.91 Å². The molecule has 0 unspecified atom stereocenters. The molecule has 3 aromatic rings. The molecule has 0 saturated carbocycles. The number of carbonyl (C=O) groups is 2. The second-order valence-corrected chi connectivity index (χ2v) is 8.81. The molecule has 2 amide bonds. The highest BCUT2D eigenvalue weighted by Crippen LogP contribution is 2.27. The molecule has 33 heavy (non-hydrogen) atoms. The van der Waals surface area contributed by atoms with E-state index in [0.29, 0.717) is 32.7 Å². The summed E-state index contributed by atoms with van der Waals surface area (Å²) >= 11 is 0. The quantitative estimate of drug-likeness (QED) is 0.610. The lowest BCUT2D eigenvalue weighted by atomic mass is 9.99. The molecule has 5 rings (SSSR count). The van der Waals surface area contributed by atoms with Crippen LogP contribution in [0.1, 0.15) is 27.0 Å². The Kier molecular flexibility index (Phi) is 6.22. The topological polar surface area (TPSA) is 43.9 Å². The molecule has 1 saturated heterocycles. The van der Waals surface area contributed by atoms with Crippen LogP contribution in [0.5, 0.6) is 0 Å². The van der Waals surface area contributed by atoms with Crippen LogP contribution in [0.15, 0.2) is 78.9 Å². The Balaban J connectivity index is 1.19. The lowest BCUT2D eigenvalue weighted by Crippen LogP contribution is -2.51. The molecule has 0 bridgehead atoms. The molecule has 0 spiro atoms. The molecule has 168 valence electrons. The lowest BCUT2D eigenvalue weighted by molar-refractivity contribution is -0.120. The van der Waals surface area contributed by atoms with Gasteiger partial charge in [-0.15, -0.1) is 0 Å². The van der Waals surface area contributed by atoms with E-state index in [1.807, 2.05) is 70.5 Å². The first-order chi connectivity index (χ1) is 16.2. The largest absolute Gasteiger partial charge is 0.336 e. The van der Waals surface area contributed by atoms with Crippen LogP contribution in [-0.2, 0) is 17.6 Å². The fourth-order valence-corrected chi connectivity index (χ4v) is 4.85. The molecule has 2 aliphatic rings. The van der Waals surface area contributed by atoms with Gasteiger partial charge in [-0.3, -0.25) is 14.5 Å². The zero-order valence-corrected chi connectivity index (χ0v) is 18.8. The van der Waals surface area contributed by atoms with Crippen molar-refractivity contribution in [3.05, 3.63) is 101 Å². The van der Waals surface area contributed by atoms with Gasteiger partial charge in [-0.2, -0.15) is 0 Å². The van der Waals surface area contributed by atoms with Crippen molar-refractivity contribution in [2.24, 2.45) is 0 Å². The van der Waals surface area contributed by atoms with Crippen LogP contribution in [0.4, 0.5) is 5.69 Å². The van der Waals surface area contributed by atoms with E-state index >= 15 is 0 Å². The number of benzene rings is 3. The van der Waals surface area contributed by atoms with Crippen molar-refractivity contribution in [2.45, 2.75) is 12.8 Å². The van der Waals surface area contributed by atoms with Crippen LogP contribution >= 0.6 is 0 Å². The molecule has 2 heterocycles. The SMILES string of the molecule is O=C(c1ccccc1Cc1ccccc1)N1CCN(CC(=O)N2CCc3ccccc32)CC1. The van der Waals surface area contributed by atoms with Gasteiger partial charge in [0.25, 0.3) is 5.91 Å².